The predicted octanol–water partition coefficient (Wildman–Crippen LogP) is 3.35. The lowest BCUT2D eigenvalue weighted by Crippen LogP contribution is -2.52. The first-order valence-electron chi connectivity index (χ1n) is 10.5. The van der Waals surface area contributed by atoms with Gasteiger partial charge in [-0.05, 0) is 37.0 Å². The van der Waals surface area contributed by atoms with Gasteiger partial charge in [-0.1, -0.05) is 12.1 Å². The highest BCUT2D eigenvalue weighted by atomic mass is 19.4. The van der Waals surface area contributed by atoms with E-state index in [-0.39, 0.29) is 17.3 Å². The van der Waals surface area contributed by atoms with Crippen molar-refractivity contribution in [3.63, 3.8) is 0 Å². The van der Waals surface area contributed by atoms with Gasteiger partial charge in [0.05, 0.1) is 6.20 Å². The highest BCUT2D eigenvalue weighted by Gasteiger charge is 2.46. The van der Waals surface area contributed by atoms with Crippen molar-refractivity contribution in [2.45, 2.75) is 50.5 Å². The van der Waals surface area contributed by atoms with E-state index in [0.29, 0.717) is 13.0 Å². The standard InChI is InChI=1S/C20H25FN4O.C2HF3O2/c1-23-13-17(12-22-23)14-24-9-7-20(8-10-24)6-5-19(26)25(20)15-16-3-2-4-18(21)11-16;3-2(4,5)1(6)7/h2-4,11-13H,5-10,14-15H2,1H3;(H,6,7). The van der Waals surface area contributed by atoms with Crippen molar-refractivity contribution in [2.24, 2.45) is 7.05 Å². The summed E-state index contributed by atoms with van der Waals surface area (Å²) in [4.78, 5) is 25.9. The lowest BCUT2D eigenvalue weighted by molar-refractivity contribution is -0.192. The monoisotopic (exact) mass is 470 g/mol. The van der Waals surface area contributed by atoms with Crippen molar-refractivity contribution in [1.29, 1.82) is 0 Å². The summed E-state index contributed by atoms with van der Waals surface area (Å²) in [6.07, 6.45) is 2.38. The summed E-state index contributed by atoms with van der Waals surface area (Å²) >= 11 is 0. The number of halogens is 4. The zero-order valence-electron chi connectivity index (χ0n) is 18.2. The summed E-state index contributed by atoms with van der Waals surface area (Å²) in [6, 6.07) is 6.60. The third-order valence-corrected chi connectivity index (χ3v) is 6.10. The molecule has 1 N–H and O–H groups in total. The van der Waals surface area contributed by atoms with Gasteiger partial charge in [0.1, 0.15) is 5.82 Å². The van der Waals surface area contributed by atoms with Gasteiger partial charge in [-0.25, -0.2) is 9.18 Å². The van der Waals surface area contributed by atoms with E-state index in [0.717, 1.165) is 44.5 Å². The van der Waals surface area contributed by atoms with E-state index in [9.17, 15) is 22.4 Å². The van der Waals surface area contributed by atoms with Crippen LogP contribution in [0.5, 0.6) is 0 Å². The van der Waals surface area contributed by atoms with Crippen LogP contribution in [-0.4, -0.2) is 61.4 Å². The number of aryl methyl sites for hydroxylation is 1. The number of carbonyl (C=O) groups is 2. The number of likely N-dealkylation sites (tertiary alicyclic amines) is 2. The van der Waals surface area contributed by atoms with E-state index in [2.05, 4.69) is 16.2 Å². The molecule has 0 atom stereocenters. The molecule has 11 heteroatoms. The van der Waals surface area contributed by atoms with Crippen LogP contribution >= 0.6 is 0 Å². The fourth-order valence-corrected chi connectivity index (χ4v) is 4.41. The smallest absolute Gasteiger partial charge is 0.475 e. The van der Waals surface area contributed by atoms with Crippen LogP contribution in [-0.2, 0) is 29.7 Å². The van der Waals surface area contributed by atoms with Crippen LogP contribution in [0.2, 0.25) is 0 Å². The molecule has 0 bridgehead atoms. The molecular formula is C22H26F4N4O3. The number of aromatic nitrogens is 2. The Hall–Kier alpha value is -2.95. The first kappa shape index (κ1) is 24.7. The number of carboxylic acid groups (broad SMARTS) is 1. The summed E-state index contributed by atoms with van der Waals surface area (Å²) in [7, 11) is 1.93. The number of carbonyl (C=O) groups excluding carboxylic acids is 1. The van der Waals surface area contributed by atoms with Crippen LogP contribution in [0.25, 0.3) is 0 Å². The number of nitrogens with zero attached hydrogens (tertiary/aromatic N) is 4. The summed E-state index contributed by atoms with van der Waals surface area (Å²) in [5.41, 5.74) is 2.04. The van der Waals surface area contributed by atoms with Gasteiger partial charge in [0.25, 0.3) is 0 Å². The van der Waals surface area contributed by atoms with E-state index in [1.807, 2.05) is 28.9 Å². The normalized spacial score (nSPS) is 18.3. The maximum atomic E-state index is 13.5. The second kappa shape index (κ2) is 9.90. The number of benzene rings is 1. The van der Waals surface area contributed by atoms with Crippen LogP contribution in [0.1, 0.15) is 36.8 Å². The molecule has 1 spiro atoms. The van der Waals surface area contributed by atoms with Crippen molar-refractivity contribution in [2.75, 3.05) is 13.1 Å². The van der Waals surface area contributed by atoms with Crippen LogP contribution in [0.3, 0.4) is 0 Å². The fourth-order valence-electron chi connectivity index (χ4n) is 4.41. The number of amides is 1. The molecule has 1 amide bonds. The van der Waals surface area contributed by atoms with Gasteiger partial charge in [0, 0.05) is 56.9 Å². The fraction of sp³-hybridized carbons (Fsp3) is 0.500. The Morgan fingerprint density at radius 1 is 1.15 bits per heavy atom. The molecule has 0 aliphatic carbocycles. The number of piperidine rings is 1. The van der Waals surface area contributed by atoms with Gasteiger partial charge < -0.3 is 10.0 Å². The summed E-state index contributed by atoms with van der Waals surface area (Å²) < 4.78 is 47.1. The number of carboxylic acids is 1. The van der Waals surface area contributed by atoms with Crippen LogP contribution in [0.4, 0.5) is 17.6 Å². The van der Waals surface area contributed by atoms with Gasteiger partial charge >= 0.3 is 12.1 Å². The number of hydrogen-bond acceptors (Lipinski definition) is 4. The molecule has 2 fully saturated rings. The molecule has 0 unspecified atom stereocenters. The minimum atomic E-state index is -5.08. The van der Waals surface area contributed by atoms with Crippen LogP contribution in [0, 0.1) is 5.82 Å². The van der Waals surface area contributed by atoms with E-state index >= 15 is 0 Å². The molecule has 1 aromatic heterocycles. The number of rotatable bonds is 4. The molecule has 2 aliphatic heterocycles. The topological polar surface area (TPSA) is 78.7 Å². The Bertz CT molecular complexity index is 984. The zero-order chi connectivity index (χ0) is 24.2. The van der Waals surface area contributed by atoms with Gasteiger partial charge in [-0.3, -0.25) is 14.4 Å². The summed E-state index contributed by atoms with van der Waals surface area (Å²) in [6.45, 7) is 3.37. The maximum absolute atomic E-state index is 13.5. The van der Waals surface area contributed by atoms with Gasteiger partial charge in [-0.2, -0.15) is 18.3 Å². The third kappa shape index (κ3) is 6.31. The predicted molar refractivity (Wildman–Crippen MR) is 110 cm³/mol. The second-order valence-corrected chi connectivity index (χ2v) is 8.44. The second-order valence-electron chi connectivity index (χ2n) is 8.44. The van der Waals surface area contributed by atoms with Gasteiger partial charge in [-0.15, -0.1) is 0 Å². The average molecular weight is 470 g/mol. The van der Waals surface area contributed by atoms with E-state index < -0.39 is 12.1 Å². The number of hydrogen-bond donors (Lipinski definition) is 1. The molecule has 4 rings (SSSR count). The lowest BCUT2D eigenvalue weighted by Gasteiger charge is -2.45. The first-order chi connectivity index (χ1) is 15.5. The molecule has 2 aromatic rings. The van der Waals surface area contributed by atoms with E-state index in [1.54, 1.807) is 6.07 Å². The average Bonchev–Trinajstić information content (AvgIpc) is 3.28. The molecular weight excluding hydrogens is 444 g/mol. The Morgan fingerprint density at radius 3 is 2.36 bits per heavy atom. The Morgan fingerprint density at radius 2 is 1.82 bits per heavy atom. The summed E-state index contributed by atoms with van der Waals surface area (Å²) in [5.74, 6) is -2.79. The third-order valence-electron chi connectivity index (χ3n) is 6.10. The molecule has 2 saturated heterocycles. The van der Waals surface area contributed by atoms with E-state index in [1.165, 1.54) is 17.7 Å². The Balaban J connectivity index is 0.000000383. The van der Waals surface area contributed by atoms with Gasteiger partial charge in [0.15, 0.2) is 0 Å². The van der Waals surface area contributed by atoms with Crippen molar-refractivity contribution in [1.82, 2.24) is 19.6 Å². The largest absolute Gasteiger partial charge is 0.490 e. The zero-order valence-corrected chi connectivity index (χ0v) is 18.2. The minimum Gasteiger partial charge on any atom is -0.475 e. The summed E-state index contributed by atoms with van der Waals surface area (Å²) in [5, 5.41) is 11.4. The van der Waals surface area contributed by atoms with Crippen LogP contribution in [0.15, 0.2) is 36.7 Å². The van der Waals surface area contributed by atoms with E-state index in [4.69, 9.17) is 9.90 Å². The molecule has 2 aliphatic rings. The van der Waals surface area contributed by atoms with Gasteiger partial charge in [0.2, 0.25) is 5.91 Å². The SMILES string of the molecule is Cn1cc(CN2CCC3(CCC(=O)N3Cc3cccc(F)c3)CC2)cn1.O=C(O)C(F)(F)F. The Kier molecular flexibility index (Phi) is 7.41. The molecule has 0 saturated carbocycles. The highest BCUT2D eigenvalue weighted by molar-refractivity contribution is 5.79. The number of aliphatic carboxylic acids is 1. The van der Waals surface area contributed by atoms with Crippen molar-refractivity contribution >= 4 is 11.9 Å². The molecule has 180 valence electrons. The lowest BCUT2D eigenvalue weighted by atomic mass is 9.84. The molecule has 0 radical (unpaired) electrons. The molecule has 33 heavy (non-hydrogen) atoms. The molecule has 1 aromatic carbocycles. The maximum Gasteiger partial charge on any atom is 0.490 e. The first-order valence-corrected chi connectivity index (χ1v) is 10.5. The molecule has 3 heterocycles. The highest BCUT2D eigenvalue weighted by Crippen LogP contribution is 2.40. The van der Waals surface area contributed by atoms with Crippen molar-refractivity contribution in [3.8, 4) is 0 Å². The quantitative estimate of drug-likeness (QED) is 0.694. The van der Waals surface area contributed by atoms with Crippen LogP contribution < -0.4 is 0 Å². The van der Waals surface area contributed by atoms with Crippen molar-refractivity contribution in [3.05, 3.63) is 53.6 Å². The van der Waals surface area contributed by atoms with Crippen molar-refractivity contribution < 1.29 is 32.3 Å². The molecule has 7 nitrogen and oxygen atoms in total. The number of alkyl halides is 3. The minimum absolute atomic E-state index is 0.0607. The Labute approximate surface area is 188 Å².